The summed E-state index contributed by atoms with van der Waals surface area (Å²) >= 11 is 0. The largest absolute Gasteiger partial charge is 0.479 e. The van der Waals surface area contributed by atoms with Crippen LogP contribution in [0.4, 0.5) is 11.4 Å². The van der Waals surface area contributed by atoms with Gasteiger partial charge in [0, 0.05) is 18.7 Å². The Morgan fingerprint density at radius 2 is 1.96 bits per heavy atom. The molecule has 2 amide bonds. The number of carbonyl (C=O) groups is 2. The maximum atomic E-state index is 12.6. The molecule has 2 aromatic rings. The molecule has 140 valence electrons. The summed E-state index contributed by atoms with van der Waals surface area (Å²) in [5.41, 5.74) is 4.24. The second-order valence-corrected chi connectivity index (χ2v) is 7.17. The standard InChI is InChI=1S/C22H24N2O3/c1-15-22(26)24(19-11-4-5-12-20(19)27-15)14-13-21(25)23-18-10-6-8-16-7-2-3-9-17(16)18/h4-6,8,10-12,15H,2-3,7,9,13-14H2,1H3,(H,23,25). The highest BCUT2D eigenvalue weighted by atomic mass is 16.5. The van der Waals surface area contributed by atoms with Gasteiger partial charge in [0.1, 0.15) is 5.75 Å². The second-order valence-electron chi connectivity index (χ2n) is 7.17. The van der Waals surface area contributed by atoms with E-state index in [1.165, 1.54) is 17.5 Å². The number of ether oxygens (including phenoxy) is 1. The molecule has 1 unspecified atom stereocenters. The molecule has 0 fully saturated rings. The highest BCUT2D eigenvalue weighted by Crippen LogP contribution is 2.33. The fourth-order valence-corrected chi connectivity index (χ4v) is 3.91. The lowest BCUT2D eigenvalue weighted by molar-refractivity contribution is -0.125. The summed E-state index contributed by atoms with van der Waals surface area (Å²) in [5.74, 6) is 0.499. The van der Waals surface area contributed by atoms with Crippen LogP contribution in [-0.2, 0) is 22.4 Å². The van der Waals surface area contributed by atoms with Crippen molar-refractivity contribution in [3.63, 3.8) is 0 Å². The third-order valence-electron chi connectivity index (χ3n) is 5.31. The van der Waals surface area contributed by atoms with E-state index in [9.17, 15) is 9.59 Å². The third kappa shape index (κ3) is 3.54. The first kappa shape index (κ1) is 17.6. The van der Waals surface area contributed by atoms with E-state index in [0.29, 0.717) is 12.3 Å². The highest BCUT2D eigenvalue weighted by molar-refractivity contribution is 6.01. The summed E-state index contributed by atoms with van der Waals surface area (Å²) in [6.45, 7) is 2.08. The van der Waals surface area contributed by atoms with Gasteiger partial charge in [0.05, 0.1) is 5.69 Å². The third-order valence-corrected chi connectivity index (χ3v) is 5.31. The lowest BCUT2D eigenvalue weighted by Gasteiger charge is -2.32. The average Bonchev–Trinajstić information content (AvgIpc) is 2.69. The Morgan fingerprint density at radius 3 is 2.85 bits per heavy atom. The van der Waals surface area contributed by atoms with Crippen molar-refractivity contribution in [3.05, 3.63) is 53.6 Å². The molecule has 1 atom stereocenters. The van der Waals surface area contributed by atoms with Crippen molar-refractivity contribution in [1.82, 2.24) is 0 Å². The molecule has 5 heteroatoms. The molecule has 1 N–H and O–H groups in total. The van der Waals surface area contributed by atoms with Crippen LogP contribution in [0, 0.1) is 0 Å². The zero-order valence-electron chi connectivity index (χ0n) is 15.5. The Morgan fingerprint density at radius 1 is 1.15 bits per heavy atom. The number of benzene rings is 2. The fraction of sp³-hybridized carbons (Fsp3) is 0.364. The topological polar surface area (TPSA) is 58.6 Å². The number of amides is 2. The van der Waals surface area contributed by atoms with Gasteiger partial charge >= 0.3 is 0 Å². The van der Waals surface area contributed by atoms with Crippen molar-refractivity contribution in [2.75, 3.05) is 16.8 Å². The van der Waals surface area contributed by atoms with E-state index in [2.05, 4.69) is 11.4 Å². The number of hydrogen-bond donors (Lipinski definition) is 1. The van der Waals surface area contributed by atoms with Crippen LogP contribution in [0.1, 0.15) is 37.3 Å². The molecule has 2 aromatic carbocycles. The van der Waals surface area contributed by atoms with Gasteiger partial charge in [-0.1, -0.05) is 24.3 Å². The number of nitrogens with zero attached hydrogens (tertiary/aromatic N) is 1. The summed E-state index contributed by atoms with van der Waals surface area (Å²) in [4.78, 5) is 26.7. The number of aryl methyl sites for hydroxylation is 1. The van der Waals surface area contributed by atoms with E-state index in [4.69, 9.17) is 4.74 Å². The number of carbonyl (C=O) groups excluding carboxylic acids is 2. The minimum Gasteiger partial charge on any atom is -0.479 e. The summed E-state index contributed by atoms with van der Waals surface area (Å²) in [6, 6.07) is 13.6. The number of para-hydroxylation sites is 2. The molecule has 0 aromatic heterocycles. The van der Waals surface area contributed by atoms with Crippen molar-refractivity contribution in [2.45, 2.75) is 45.1 Å². The molecule has 27 heavy (non-hydrogen) atoms. The molecule has 0 radical (unpaired) electrons. The Kier molecular flexibility index (Phi) is 4.84. The molecule has 2 aliphatic rings. The van der Waals surface area contributed by atoms with E-state index in [1.54, 1.807) is 11.8 Å². The van der Waals surface area contributed by atoms with E-state index >= 15 is 0 Å². The van der Waals surface area contributed by atoms with Crippen LogP contribution in [0.15, 0.2) is 42.5 Å². The van der Waals surface area contributed by atoms with Crippen LogP contribution >= 0.6 is 0 Å². The maximum Gasteiger partial charge on any atom is 0.267 e. The Hall–Kier alpha value is -2.82. The molecule has 0 saturated carbocycles. The van der Waals surface area contributed by atoms with Crippen LogP contribution in [0.2, 0.25) is 0 Å². The molecule has 1 aliphatic heterocycles. The monoisotopic (exact) mass is 364 g/mol. The van der Waals surface area contributed by atoms with Crippen LogP contribution in [0.25, 0.3) is 0 Å². The molecule has 4 rings (SSSR count). The van der Waals surface area contributed by atoms with Gasteiger partial charge in [-0.05, 0) is 61.9 Å². The summed E-state index contributed by atoms with van der Waals surface area (Å²) in [7, 11) is 0. The van der Waals surface area contributed by atoms with Crippen molar-refractivity contribution in [2.24, 2.45) is 0 Å². The van der Waals surface area contributed by atoms with E-state index in [-0.39, 0.29) is 18.2 Å². The van der Waals surface area contributed by atoms with Crippen LogP contribution in [0.5, 0.6) is 5.75 Å². The summed E-state index contributed by atoms with van der Waals surface area (Å²) in [6.07, 6.45) is 4.17. The normalized spacial score (nSPS) is 18.3. The number of rotatable bonds is 4. The van der Waals surface area contributed by atoms with Gasteiger partial charge < -0.3 is 15.0 Å². The number of fused-ring (bicyclic) bond motifs is 2. The first-order valence-electron chi connectivity index (χ1n) is 9.61. The Labute approximate surface area is 159 Å². The van der Waals surface area contributed by atoms with Crippen molar-refractivity contribution in [1.29, 1.82) is 0 Å². The molecular weight excluding hydrogens is 340 g/mol. The zero-order chi connectivity index (χ0) is 18.8. The number of nitrogens with one attached hydrogen (secondary N) is 1. The van der Waals surface area contributed by atoms with Gasteiger partial charge in [-0.15, -0.1) is 0 Å². The van der Waals surface area contributed by atoms with Crippen LogP contribution in [0.3, 0.4) is 0 Å². The Bertz CT molecular complexity index is 878. The zero-order valence-corrected chi connectivity index (χ0v) is 15.5. The molecule has 5 nitrogen and oxygen atoms in total. The van der Waals surface area contributed by atoms with Crippen molar-refractivity contribution < 1.29 is 14.3 Å². The number of hydrogen-bond acceptors (Lipinski definition) is 3. The van der Waals surface area contributed by atoms with Gasteiger partial charge in [0.2, 0.25) is 5.91 Å². The molecular formula is C22H24N2O3. The van der Waals surface area contributed by atoms with Crippen molar-refractivity contribution in [3.8, 4) is 5.75 Å². The first-order valence-corrected chi connectivity index (χ1v) is 9.61. The lowest BCUT2D eigenvalue weighted by atomic mass is 9.90. The average molecular weight is 364 g/mol. The van der Waals surface area contributed by atoms with Crippen molar-refractivity contribution >= 4 is 23.2 Å². The number of anilines is 2. The molecule has 0 saturated heterocycles. The molecule has 1 aliphatic carbocycles. The smallest absolute Gasteiger partial charge is 0.267 e. The molecule has 1 heterocycles. The summed E-state index contributed by atoms with van der Waals surface area (Å²) < 4.78 is 5.65. The molecule has 0 spiro atoms. The Balaban J connectivity index is 1.45. The predicted octanol–water partition coefficient (Wildman–Crippen LogP) is 3.71. The fourth-order valence-electron chi connectivity index (χ4n) is 3.91. The van der Waals surface area contributed by atoms with Crippen LogP contribution < -0.4 is 15.0 Å². The van der Waals surface area contributed by atoms with E-state index in [1.807, 2.05) is 36.4 Å². The van der Waals surface area contributed by atoms with Gasteiger partial charge in [-0.25, -0.2) is 0 Å². The second kappa shape index (κ2) is 7.43. The van der Waals surface area contributed by atoms with Gasteiger partial charge in [-0.2, -0.15) is 0 Å². The van der Waals surface area contributed by atoms with Gasteiger partial charge in [0.15, 0.2) is 6.10 Å². The maximum absolute atomic E-state index is 12.6. The van der Waals surface area contributed by atoms with E-state index in [0.717, 1.165) is 30.6 Å². The minimum atomic E-state index is -0.538. The predicted molar refractivity (Wildman–Crippen MR) is 105 cm³/mol. The van der Waals surface area contributed by atoms with Gasteiger partial charge in [-0.3, -0.25) is 9.59 Å². The van der Waals surface area contributed by atoms with Gasteiger partial charge in [0.25, 0.3) is 5.91 Å². The first-order chi connectivity index (χ1) is 13.1. The molecule has 0 bridgehead atoms. The minimum absolute atomic E-state index is 0.0709. The lowest BCUT2D eigenvalue weighted by Crippen LogP contribution is -2.45. The van der Waals surface area contributed by atoms with E-state index < -0.39 is 6.10 Å². The summed E-state index contributed by atoms with van der Waals surface area (Å²) in [5, 5.41) is 3.05. The SMILES string of the molecule is CC1Oc2ccccc2N(CCC(=O)Nc2cccc3c2CCCC3)C1=O. The highest BCUT2D eigenvalue weighted by Gasteiger charge is 2.31. The van der Waals surface area contributed by atoms with Crippen LogP contribution in [-0.4, -0.2) is 24.5 Å². The quantitative estimate of drug-likeness (QED) is 0.900.